The molecule has 1 aliphatic heterocycles. The topological polar surface area (TPSA) is 107 Å². The third-order valence-corrected chi connectivity index (χ3v) is 2.44. The number of cyclic esters (lactones) is 1. The van der Waals surface area contributed by atoms with Crippen LogP contribution in [0.25, 0.3) is 0 Å². The lowest BCUT2D eigenvalue weighted by Crippen LogP contribution is -2.41. The van der Waals surface area contributed by atoms with E-state index in [1.165, 1.54) is 22.6 Å². The van der Waals surface area contributed by atoms with Crippen molar-refractivity contribution in [2.45, 2.75) is 9.71 Å². The lowest BCUT2D eigenvalue weighted by atomic mass is 10.2. The molecular weight excluding hydrogens is 295 g/mol. The Hall–Kier alpha value is -0.540. The van der Waals surface area contributed by atoms with Crippen LogP contribution in [0.4, 0.5) is 0 Å². The fraction of sp³-hybridized carbons (Fsp3) is 0.500. The number of aliphatic hydroxyl groups excluding tert-OH is 3. The molecule has 2 atom stereocenters. The highest BCUT2D eigenvalue weighted by Crippen LogP contribution is 2.31. The van der Waals surface area contributed by atoms with Crippen LogP contribution < -0.4 is 0 Å². The number of hydrogen-bond donors (Lipinski definition) is 4. The molecular formula is C6H7IO6. The van der Waals surface area contributed by atoms with Gasteiger partial charge in [-0.2, -0.15) is 0 Å². The molecule has 0 aromatic heterocycles. The predicted octanol–water partition coefficient (Wildman–Crippen LogP) is -0.645. The minimum Gasteiger partial charge on any atom is -0.505 e. The molecule has 0 aromatic carbocycles. The number of aliphatic hydroxyl groups is 4. The Morgan fingerprint density at radius 3 is 2.38 bits per heavy atom. The number of alkyl halides is 1. The van der Waals surface area contributed by atoms with E-state index in [1.54, 1.807) is 0 Å². The monoisotopic (exact) mass is 302 g/mol. The predicted molar refractivity (Wildman–Crippen MR) is 48.2 cm³/mol. The zero-order valence-electron chi connectivity index (χ0n) is 6.27. The first-order chi connectivity index (χ1) is 5.90. The molecule has 1 aliphatic rings. The van der Waals surface area contributed by atoms with E-state index in [4.69, 9.17) is 15.3 Å². The second-order valence-electron chi connectivity index (χ2n) is 2.50. The molecule has 0 spiro atoms. The molecule has 0 fully saturated rings. The molecule has 4 N–H and O–H groups in total. The van der Waals surface area contributed by atoms with E-state index in [-0.39, 0.29) is 0 Å². The van der Waals surface area contributed by atoms with E-state index in [0.29, 0.717) is 0 Å². The molecule has 1 rings (SSSR count). The molecule has 0 amide bonds. The van der Waals surface area contributed by atoms with E-state index < -0.39 is 33.8 Å². The number of halogens is 1. The van der Waals surface area contributed by atoms with Crippen LogP contribution in [-0.2, 0) is 9.53 Å². The molecule has 0 aliphatic carbocycles. The summed E-state index contributed by atoms with van der Waals surface area (Å²) in [6.45, 7) is -0.719. The van der Waals surface area contributed by atoms with Crippen molar-refractivity contribution in [3.05, 3.63) is 11.5 Å². The van der Waals surface area contributed by atoms with Gasteiger partial charge in [0.05, 0.1) is 6.61 Å². The van der Waals surface area contributed by atoms with Crippen molar-refractivity contribution in [1.29, 1.82) is 0 Å². The Kier molecular flexibility index (Phi) is 2.68. The van der Waals surface area contributed by atoms with E-state index in [1.807, 2.05) is 0 Å². The van der Waals surface area contributed by atoms with Gasteiger partial charge in [0, 0.05) is 0 Å². The Morgan fingerprint density at radius 1 is 1.54 bits per heavy atom. The number of rotatable bonds is 2. The highest BCUT2D eigenvalue weighted by molar-refractivity contribution is 14.1. The van der Waals surface area contributed by atoms with Crippen LogP contribution in [0.2, 0.25) is 0 Å². The van der Waals surface area contributed by atoms with Crippen LogP contribution in [0.5, 0.6) is 0 Å². The van der Waals surface area contributed by atoms with Crippen molar-refractivity contribution in [2.24, 2.45) is 0 Å². The summed E-state index contributed by atoms with van der Waals surface area (Å²) < 4.78 is 2.58. The first-order valence-corrected chi connectivity index (χ1v) is 4.33. The summed E-state index contributed by atoms with van der Waals surface area (Å²) >= 11 is 1.40. The van der Waals surface area contributed by atoms with Gasteiger partial charge in [-0.25, -0.2) is 4.79 Å². The van der Waals surface area contributed by atoms with Crippen molar-refractivity contribution in [1.82, 2.24) is 0 Å². The summed E-state index contributed by atoms with van der Waals surface area (Å²) in [5, 5.41) is 36.0. The van der Waals surface area contributed by atoms with Gasteiger partial charge in [0.2, 0.25) is 11.9 Å². The van der Waals surface area contributed by atoms with Crippen molar-refractivity contribution < 1.29 is 30.0 Å². The maximum absolute atomic E-state index is 10.7. The summed E-state index contributed by atoms with van der Waals surface area (Å²) in [6, 6.07) is 0. The number of hydrogen-bond acceptors (Lipinski definition) is 6. The van der Waals surface area contributed by atoms with Crippen LogP contribution in [0.1, 0.15) is 0 Å². The smallest absolute Gasteiger partial charge is 0.378 e. The first kappa shape index (κ1) is 10.5. The fourth-order valence-electron chi connectivity index (χ4n) is 0.830. The van der Waals surface area contributed by atoms with Gasteiger partial charge in [-0.05, 0) is 22.6 Å². The van der Waals surface area contributed by atoms with Gasteiger partial charge in [0.25, 0.3) is 0 Å². The molecule has 0 saturated carbocycles. The molecule has 74 valence electrons. The van der Waals surface area contributed by atoms with Gasteiger partial charge in [0.15, 0.2) is 9.37 Å². The Morgan fingerprint density at radius 2 is 2.08 bits per heavy atom. The summed E-state index contributed by atoms with van der Waals surface area (Å²) in [7, 11) is 0. The number of esters is 1. The summed E-state index contributed by atoms with van der Waals surface area (Å²) in [4.78, 5) is 10.7. The zero-order valence-corrected chi connectivity index (χ0v) is 8.43. The van der Waals surface area contributed by atoms with Gasteiger partial charge < -0.3 is 25.2 Å². The average Bonchev–Trinajstić information content (AvgIpc) is 2.33. The van der Waals surface area contributed by atoms with E-state index in [9.17, 15) is 9.90 Å². The van der Waals surface area contributed by atoms with E-state index in [0.717, 1.165) is 0 Å². The Bertz CT molecular complexity index is 270. The van der Waals surface area contributed by atoms with Crippen LogP contribution in [0, 0.1) is 0 Å². The van der Waals surface area contributed by atoms with Crippen LogP contribution in [-0.4, -0.2) is 42.7 Å². The van der Waals surface area contributed by atoms with Gasteiger partial charge in [-0.15, -0.1) is 0 Å². The second-order valence-corrected chi connectivity index (χ2v) is 4.36. The largest absolute Gasteiger partial charge is 0.505 e. The lowest BCUT2D eigenvalue weighted by Gasteiger charge is -2.23. The third kappa shape index (κ3) is 1.71. The summed E-state index contributed by atoms with van der Waals surface area (Å²) in [5.74, 6) is -2.82. The molecule has 0 saturated heterocycles. The maximum atomic E-state index is 10.7. The second kappa shape index (κ2) is 3.31. The van der Waals surface area contributed by atoms with Gasteiger partial charge >= 0.3 is 5.97 Å². The molecule has 7 heteroatoms. The SMILES string of the molecule is O=C1O[C@H]([C@](O)(I)CO)C(O)=C1O. The minimum absolute atomic E-state index is 0.719. The maximum Gasteiger partial charge on any atom is 0.378 e. The van der Waals surface area contributed by atoms with E-state index in [2.05, 4.69) is 4.74 Å². The van der Waals surface area contributed by atoms with E-state index >= 15 is 0 Å². The third-order valence-electron chi connectivity index (χ3n) is 1.53. The molecule has 0 aromatic rings. The van der Waals surface area contributed by atoms with Gasteiger partial charge in [0.1, 0.15) is 0 Å². The van der Waals surface area contributed by atoms with Crippen molar-refractivity contribution in [3.63, 3.8) is 0 Å². The van der Waals surface area contributed by atoms with Crippen molar-refractivity contribution in [2.75, 3.05) is 6.61 Å². The molecule has 1 heterocycles. The fourth-order valence-corrected chi connectivity index (χ4v) is 1.25. The highest BCUT2D eigenvalue weighted by Gasteiger charge is 2.47. The van der Waals surface area contributed by atoms with Crippen LogP contribution >= 0.6 is 22.6 Å². The van der Waals surface area contributed by atoms with Crippen LogP contribution in [0.15, 0.2) is 11.5 Å². The number of ether oxygens (including phenoxy) is 1. The molecule has 0 unspecified atom stereocenters. The number of carbonyl (C=O) groups excluding carboxylic acids is 1. The van der Waals surface area contributed by atoms with Crippen molar-refractivity contribution >= 4 is 28.6 Å². The standard InChI is InChI=1S/C6H7IO6/c7-6(12,1-8)4-2(9)3(10)5(11)13-4/h4,8-10,12H,1H2/t4-,6-/m0/s1. The zero-order chi connectivity index (χ0) is 10.2. The minimum atomic E-state index is -1.83. The Labute approximate surface area is 86.6 Å². The first-order valence-electron chi connectivity index (χ1n) is 3.25. The molecule has 6 nitrogen and oxygen atoms in total. The quantitative estimate of drug-likeness (QED) is 0.307. The average molecular weight is 302 g/mol. The lowest BCUT2D eigenvalue weighted by molar-refractivity contribution is -0.148. The normalized spacial score (nSPS) is 27.3. The summed E-state index contributed by atoms with van der Waals surface area (Å²) in [6.07, 6.45) is -1.43. The summed E-state index contributed by atoms with van der Waals surface area (Å²) in [5.41, 5.74) is 0. The molecule has 0 radical (unpaired) electrons. The molecule has 0 bridgehead atoms. The van der Waals surface area contributed by atoms with Gasteiger partial charge in [-0.3, -0.25) is 0 Å². The number of carbonyl (C=O) groups is 1. The van der Waals surface area contributed by atoms with Crippen LogP contribution in [0.3, 0.4) is 0 Å². The van der Waals surface area contributed by atoms with Crippen molar-refractivity contribution in [3.8, 4) is 0 Å². The highest BCUT2D eigenvalue weighted by atomic mass is 127. The van der Waals surface area contributed by atoms with Gasteiger partial charge in [-0.1, -0.05) is 0 Å². The Balaban J connectivity index is 2.94. The molecule has 13 heavy (non-hydrogen) atoms.